The van der Waals surface area contributed by atoms with Crippen LogP contribution in [0.5, 0.6) is 0 Å². The fourth-order valence-electron chi connectivity index (χ4n) is 3.20. The second kappa shape index (κ2) is 7.23. The Labute approximate surface area is 146 Å². The SMILES string of the molecule is Cc1ccc(NC[C@H]2CCN(Cc3cc(=O)n(C)c(=O)n3C)C2)nc1. The molecule has 0 aromatic carbocycles. The molecule has 1 fully saturated rings. The Morgan fingerprint density at radius 3 is 2.76 bits per heavy atom. The molecular formula is C18H25N5O2. The van der Waals surface area contributed by atoms with E-state index in [-0.39, 0.29) is 11.2 Å². The van der Waals surface area contributed by atoms with E-state index in [0.29, 0.717) is 12.5 Å². The van der Waals surface area contributed by atoms with Crippen molar-refractivity contribution >= 4 is 5.82 Å². The van der Waals surface area contributed by atoms with Crippen LogP contribution in [0, 0.1) is 12.8 Å². The van der Waals surface area contributed by atoms with E-state index in [1.807, 2.05) is 25.3 Å². The first-order valence-electron chi connectivity index (χ1n) is 8.59. The van der Waals surface area contributed by atoms with Gasteiger partial charge < -0.3 is 5.32 Å². The number of aromatic nitrogens is 3. The van der Waals surface area contributed by atoms with E-state index in [0.717, 1.165) is 47.7 Å². The molecule has 0 unspecified atom stereocenters. The first-order valence-corrected chi connectivity index (χ1v) is 8.59. The lowest BCUT2D eigenvalue weighted by atomic mass is 10.1. The molecule has 2 aromatic rings. The molecular weight excluding hydrogens is 318 g/mol. The van der Waals surface area contributed by atoms with Gasteiger partial charge in [0.05, 0.1) is 0 Å². The molecule has 3 heterocycles. The summed E-state index contributed by atoms with van der Waals surface area (Å²) in [5, 5.41) is 3.39. The van der Waals surface area contributed by atoms with Crippen molar-refractivity contribution in [3.8, 4) is 0 Å². The summed E-state index contributed by atoms with van der Waals surface area (Å²) in [6.45, 7) is 5.44. The minimum atomic E-state index is -0.273. The summed E-state index contributed by atoms with van der Waals surface area (Å²) in [6.07, 6.45) is 2.96. The maximum Gasteiger partial charge on any atom is 0.330 e. The molecule has 3 rings (SSSR count). The molecule has 0 bridgehead atoms. The molecule has 0 amide bonds. The first kappa shape index (κ1) is 17.4. The molecule has 1 atom stereocenters. The summed E-state index contributed by atoms with van der Waals surface area (Å²) >= 11 is 0. The molecule has 2 aromatic heterocycles. The van der Waals surface area contributed by atoms with Gasteiger partial charge in [0.25, 0.3) is 5.56 Å². The summed E-state index contributed by atoms with van der Waals surface area (Å²) in [4.78, 5) is 30.5. The lowest BCUT2D eigenvalue weighted by Crippen LogP contribution is -2.39. The smallest absolute Gasteiger partial charge is 0.330 e. The van der Waals surface area contributed by atoms with E-state index in [1.165, 1.54) is 7.05 Å². The predicted octanol–water partition coefficient (Wildman–Crippen LogP) is 0.721. The summed E-state index contributed by atoms with van der Waals surface area (Å²) in [6, 6.07) is 5.60. The zero-order valence-corrected chi connectivity index (χ0v) is 15.0. The number of likely N-dealkylation sites (tertiary alicyclic amines) is 1. The third-order valence-corrected chi connectivity index (χ3v) is 4.86. The second-order valence-corrected chi connectivity index (χ2v) is 6.87. The minimum absolute atomic E-state index is 0.249. The van der Waals surface area contributed by atoms with Crippen molar-refractivity contribution in [3.63, 3.8) is 0 Å². The van der Waals surface area contributed by atoms with Crippen LogP contribution < -0.4 is 16.6 Å². The average molecular weight is 343 g/mol. The molecule has 1 N–H and O–H groups in total. The topological polar surface area (TPSA) is 72.2 Å². The van der Waals surface area contributed by atoms with E-state index in [9.17, 15) is 9.59 Å². The van der Waals surface area contributed by atoms with Crippen LogP contribution in [0.3, 0.4) is 0 Å². The summed E-state index contributed by atoms with van der Waals surface area (Å²) in [7, 11) is 3.22. The molecule has 0 saturated carbocycles. The maximum atomic E-state index is 12.0. The lowest BCUT2D eigenvalue weighted by molar-refractivity contribution is 0.308. The van der Waals surface area contributed by atoms with Gasteiger partial charge in [-0.3, -0.25) is 18.8 Å². The van der Waals surface area contributed by atoms with E-state index in [1.54, 1.807) is 17.7 Å². The van der Waals surface area contributed by atoms with E-state index >= 15 is 0 Å². The van der Waals surface area contributed by atoms with Crippen molar-refractivity contribution in [2.45, 2.75) is 19.9 Å². The molecule has 0 radical (unpaired) electrons. The number of hydrogen-bond acceptors (Lipinski definition) is 5. The third-order valence-electron chi connectivity index (χ3n) is 4.86. The lowest BCUT2D eigenvalue weighted by Gasteiger charge is -2.18. The first-order chi connectivity index (χ1) is 11.9. The van der Waals surface area contributed by atoms with Gasteiger partial charge in [-0.15, -0.1) is 0 Å². The highest BCUT2D eigenvalue weighted by Gasteiger charge is 2.23. The highest BCUT2D eigenvalue weighted by Crippen LogP contribution is 2.18. The maximum absolute atomic E-state index is 12.0. The highest BCUT2D eigenvalue weighted by atomic mass is 16.2. The summed E-state index contributed by atoms with van der Waals surface area (Å²) in [5.74, 6) is 1.43. The van der Waals surface area contributed by atoms with Gasteiger partial charge in [0, 0.05) is 51.7 Å². The molecule has 134 valence electrons. The van der Waals surface area contributed by atoms with Gasteiger partial charge in [-0.2, -0.15) is 0 Å². The minimum Gasteiger partial charge on any atom is -0.370 e. The number of hydrogen-bond donors (Lipinski definition) is 1. The largest absolute Gasteiger partial charge is 0.370 e. The van der Waals surface area contributed by atoms with Gasteiger partial charge in [-0.25, -0.2) is 9.78 Å². The van der Waals surface area contributed by atoms with Crippen LogP contribution in [0.4, 0.5) is 5.82 Å². The third kappa shape index (κ3) is 3.99. The monoisotopic (exact) mass is 343 g/mol. The number of pyridine rings is 1. The standard InChI is InChI=1S/C18H25N5O2/c1-13-4-5-16(19-9-13)20-10-14-6-7-23(11-14)12-15-8-17(24)22(3)18(25)21(15)2/h4-5,8-9,14H,6-7,10-12H2,1-3H3,(H,19,20)/t14-/m1/s1. The number of nitrogens with one attached hydrogen (secondary N) is 1. The van der Waals surface area contributed by atoms with Gasteiger partial charge in [0.15, 0.2) is 0 Å². The van der Waals surface area contributed by atoms with Gasteiger partial charge in [0.2, 0.25) is 0 Å². The Bertz CT molecular complexity index is 853. The highest BCUT2D eigenvalue weighted by molar-refractivity contribution is 5.35. The average Bonchev–Trinajstić information content (AvgIpc) is 3.05. The number of aryl methyl sites for hydroxylation is 1. The number of rotatable bonds is 5. The molecule has 1 aliphatic rings. The van der Waals surface area contributed by atoms with Crippen LogP contribution in [-0.4, -0.2) is 38.7 Å². The second-order valence-electron chi connectivity index (χ2n) is 6.87. The van der Waals surface area contributed by atoms with Crippen molar-refractivity contribution in [3.05, 3.63) is 56.5 Å². The molecule has 1 saturated heterocycles. The van der Waals surface area contributed by atoms with Crippen molar-refractivity contribution in [2.75, 3.05) is 25.0 Å². The Kier molecular flexibility index (Phi) is 5.03. The van der Waals surface area contributed by atoms with Gasteiger partial charge in [-0.1, -0.05) is 6.07 Å². The van der Waals surface area contributed by atoms with Crippen LogP contribution in [-0.2, 0) is 20.6 Å². The molecule has 7 heteroatoms. The van der Waals surface area contributed by atoms with Crippen LogP contribution in [0.2, 0.25) is 0 Å². The number of nitrogens with zero attached hydrogens (tertiary/aromatic N) is 4. The van der Waals surface area contributed by atoms with Gasteiger partial charge in [0.1, 0.15) is 5.82 Å². The Morgan fingerprint density at radius 1 is 1.24 bits per heavy atom. The van der Waals surface area contributed by atoms with E-state index < -0.39 is 0 Å². The fraction of sp³-hybridized carbons (Fsp3) is 0.500. The molecule has 1 aliphatic heterocycles. The van der Waals surface area contributed by atoms with Crippen molar-refractivity contribution in [1.29, 1.82) is 0 Å². The van der Waals surface area contributed by atoms with Crippen molar-refractivity contribution in [2.24, 2.45) is 20.0 Å². The van der Waals surface area contributed by atoms with E-state index in [2.05, 4.69) is 15.2 Å². The zero-order valence-electron chi connectivity index (χ0n) is 15.0. The van der Waals surface area contributed by atoms with Crippen molar-refractivity contribution < 1.29 is 0 Å². The molecule has 25 heavy (non-hydrogen) atoms. The normalized spacial score (nSPS) is 17.8. The Balaban J connectivity index is 1.57. The molecule has 0 aliphatic carbocycles. The number of anilines is 1. The van der Waals surface area contributed by atoms with Crippen LogP contribution in [0.1, 0.15) is 17.7 Å². The van der Waals surface area contributed by atoms with Crippen LogP contribution in [0.15, 0.2) is 34.0 Å². The predicted molar refractivity (Wildman–Crippen MR) is 97.8 cm³/mol. The Morgan fingerprint density at radius 2 is 2.04 bits per heavy atom. The quantitative estimate of drug-likeness (QED) is 0.866. The van der Waals surface area contributed by atoms with E-state index in [4.69, 9.17) is 0 Å². The van der Waals surface area contributed by atoms with Crippen LogP contribution in [0.25, 0.3) is 0 Å². The molecule has 0 spiro atoms. The fourth-order valence-corrected chi connectivity index (χ4v) is 3.20. The summed E-state index contributed by atoms with van der Waals surface area (Å²) in [5.41, 5.74) is 1.39. The zero-order chi connectivity index (χ0) is 18.0. The van der Waals surface area contributed by atoms with Gasteiger partial charge >= 0.3 is 5.69 Å². The van der Waals surface area contributed by atoms with Crippen LogP contribution >= 0.6 is 0 Å². The van der Waals surface area contributed by atoms with Gasteiger partial charge in [-0.05, 0) is 37.4 Å². The van der Waals surface area contributed by atoms with Crippen molar-refractivity contribution in [1.82, 2.24) is 19.0 Å². The summed E-state index contributed by atoms with van der Waals surface area (Å²) < 4.78 is 2.69. The molecule has 7 nitrogen and oxygen atoms in total. The Hall–Kier alpha value is -2.41.